The number of hydrogen-bond donors (Lipinski definition) is 1. The molecule has 0 aliphatic carbocycles. The second-order valence-corrected chi connectivity index (χ2v) is 6.64. The van der Waals surface area contributed by atoms with E-state index in [1.54, 1.807) is 0 Å². The minimum Gasteiger partial charge on any atom is -0.345 e. The number of thioether (sulfide) groups is 1. The molecular weight excluding hydrogens is 261 g/mol. The number of carbonyl (C=O) groups excluding carboxylic acids is 2. The van der Waals surface area contributed by atoms with Gasteiger partial charge in [0.1, 0.15) is 5.78 Å². The van der Waals surface area contributed by atoms with Crippen LogP contribution in [0.25, 0.3) is 0 Å². The lowest BCUT2D eigenvalue weighted by atomic mass is 10.1. The standard InChI is InChI=1S/C10H18NO4PS/c1-8(12)17-7-5-9(13)11-6-3-2-4-10(11)16(14)15/h10,16H,2-7H2,1H3,(H,14,15). The van der Waals surface area contributed by atoms with Gasteiger partial charge in [0.2, 0.25) is 13.9 Å². The summed E-state index contributed by atoms with van der Waals surface area (Å²) in [4.78, 5) is 33.3. The Morgan fingerprint density at radius 1 is 1.47 bits per heavy atom. The van der Waals surface area contributed by atoms with Crippen molar-refractivity contribution in [2.24, 2.45) is 0 Å². The molecule has 0 radical (unpaired) electrons. The molecule has 17 heavy (non-hydrogen) atoms. The quantitative estimate of drug-likeness (QED) is 0.789. The van der Waals surface area contributed by atoms with Crippen molar-refractivity contribution in [1.82, 2.24) is 4.90 Å². The average Bonchev–Trinajstić information content (AvgIpc) is 2.28. The molecule has 1 aliphatic heterocycles. The predicted octanol–water partition coefficient (Wildman–Crippen LogP) is 1.46. The molecule has 2 atom stereocenters. The molecule has 7 heteroatoms. The van der Waals surface area contributed by atoms with Crippen molar-refractivity contribution in [3.05, 3.63) is 0 Å². The molecule has 98 valence electrons. The van der Waals surface area contributed by atoms with Crippen LogP contribution in [0, 0.1) is 0 Å². The minimum atomic E-state index is -2.69. The number of carbonyl (C=O) groups is 2. The van der Waals surface area contributed by atoms with Crippen LogP contribution in [0.4, 0.5) is 0 Å². The molecule has 0 aromatic heterocycles. The highest BCUT2D eigenvalue weighted by Crippen LogP contribution is 2.33. The Morgan fingerprint density at radius 2 is 2.18 bits per heavy atom. The van der Waals surface area contributed by atoms with E-state index in [0.717, 1.165) is 24.6 Å². The lowest BCUT2D eigenvalue weighted by Crippen LogP contribution is -2.42. The zero-order valence-electron chi connectivity index (χ0n) is 9.85. The fourth-order valence-corrected chi connectivity index (χ4v) is 3.47. The second-order valence-electron chi connectivity index (χ2n) is 4.03. The first kappa shape index (κ1) is 14.7. The van der Waals surface area contributed by atoms with Crippen LogP contribution in [0.1, 0.15) is 32.6 Å². The molecule has 5 nitrogen and oxygen atoms in total. The normalized spacial score (nSPS) is 22.2. The maximum Gasteiger partial charge on any atom is 0.224 e. The fraction of sp³-hybridized carbons (Fsp3) is 0.800. The maximum absolute atomic E-state index is 11.9. The molecule has 0 aromatic carbocycles. The molecule has 1 amide bonds. The minimum absolute atomic E-state index is 0.0104. The van der Waals surface area contributed by atoms with Crippen molar-refractivity contribution in [3.8, 4) is 0 Å². The Balaban J connectivity index is 2.47. The second kappa shape index (κ2) is 7.19. The molecular formula is C10H18NO4PS. The topological polar surface area (TPSA) is 74.7 Å². The van der Waals surface area contributed by atoms with E-state index in [9.17, 15) is 19.0 Å². The maximum atomic E-state index is 11.9. The summed E-state index contributed by atoms with van der Waals surface area (Å²) in [5.41, 5.74) is 0. The van der Waals surface area contributed by atoms with E-state index in [-0.39, 0.29) is 17.4 Å². The van der Waals surface area contributed by atoms with E-state index < -0.39 is 13.8 Å². The first-order chi connectivity index (χ1) is 8.02. The summed E-state index contributed by atoms with van der Waals surface area (Å²) in [7, 11) is -2.69. The van der Waals surface area contributed by atoms with Crippen molar-refractivity contribution in [1.29, 1.82) is 0 Å². The van der Waals surface area contributed by atoms with Crippen LogP contribution in [0.15, 0.2) is 0 Å². The third kappa shape index (κ3) is 4.82. The molecule has 1 aliphatic rings. The smallest absolute Gasteiger partial charge is 0.224 e. The van der Waals surface area contributed by atoms with Gasteiger partial charge < -0.3 is 9.79 Å². The van der Waals surface area contributed by atoms with Crippen molar-refractivity contribution >= 4 is 30.8 Å². The Labute approximate surface area is 106 Å². The van der Waals surface area contributed by atoms with Gasteiger partial charge in [0.05, 0.1) is 0 Å². The molecule has 1 fully saturated rings. The molecule has 1 rings (SSSR count). The Morgan fingerprint density at radius 3 is 2.76 bits per heavy atom. The summed E-state index contributed by atoms with van der Waals surface area (Å²) >= 11 is 1.11. The van der Waals surface area contributed by atoms with Crippen LogP contribution < -0.4 is 0 Å². The van der Waals surface area contributed by atoms with E-state index >= 15 is 0 Å². The van der Waals surface area contributed by atoms with Gasteiger partial charge in [-0.2, -0.15) is 0 Å². The Kier molecular flexibility index (Phi) is 6.23. The van der Waals surface area contributed by atoms with Crippen LogP contribution in [0.5, 0.6) is 0 Å². The van der Waals surface area contributed by atoms with Crippen LogP contribution >= 0.6 is 19.8 Å². The van der Waals surface area contributed by atoms with Crippen molar-refractivity contribution in [2.45, 2.75) is 38.4 Å². The van der Waals surface area contributed by atoms with E-state index in [4.69, 9.17) is 0 Å². The Hall–Kier alpha value is -0.320. The van der Waals surface area contributed by atoms with Crippen LogP contribution in [0.2, 0.25) is 0 Å². The zero-order chi connectivity index (χ0) is 12.8. The zero-order valence-corrected chi connectivity index (χ0v) is 11.7. The first-order valence-electron chi connectivity index (χ1n) is 5.68. The van der Waals surface area contributed by atoms with Gasteiger partial charge in [-0.3, -0.25) is 14.2 Å². The highest BCUT2D eigenvalue weighted by Gasteiger charge is 2.29. The predicted molar refractivity (Wildman–Crippen MR) is 68.3 cm³/mol. The lowest BCUT2D eigenvalue weighted by Gasteiger charge is -2.33. The van der Waals surface area contributed by atoms with Crippen molar-refractivity contribution in [2.75, 3.05) is 12.3 Å². The molecule has 2 unspecified atom stereocenters. The summed E-state index contributed by atoms with van der Waals surface area (Å²) < 4.78 is 11.2. The van der Waals surface area contributed by atoms with E-state index in [1.165, 1.54) is 11.8 Å². The van der Waals surface area contributed by atoms with Gasteiger partial charge in [0.25, 0.3) is 0 Å². The SMILES string of the molecule is CC(=O)SCCC(=O)N1CCCCC1[PH](=O)O. The van der Waals surface area contributed by atoms with Gasteiger partial charge >= 0.3 is 0 Å². The van der Waals surface area contributed by atoms with Crippen LogP contribution in [-0.2, 0) is 14.2 Å². The third-order valence-electron chi connectivity index (χ3n) is 2.73. The number of amides is 1. The molecule has 1 N–H and O–H groups in total. The highest BCUT2D eigenvalue weighted by atomic mass is 32.2. The molecule has 0 bridgehead atoms. The van der Waals surface area contributed by atoms with Crippen LogP contribution in [0.3, 0.4) is 0 Å². The highest BCUT2D eigenvalue weighted by molar-refractivity contribution is 8.13. The fourth-order valence-electron chi connectivity index (χ4n) is 1.91. The molecule has 0 saturated carbocycles. The van der Waals surface area contributed by atoms with Gasteiger partial charge in [-0.25, -0.2) is 0 Å². The lowest BCUT2D eigenvalue weighted by molar-refractivity contribution is -0.132. The summed E-state index contributed by atoms with van der Waals surface area (Å²) in [6.45, 7) is 2.02. The largest absolute Gasteiger partial charge is 0.345 e. The third-order valence-corrected chi connectivity index (χ3v) is 4.71. The number of rotatable bonds is 4. The van der Waals surface area contributed by atoms with Crippen LogP contribution in [-0.4, -0.2) is 38.9 Å². The van der Waals surface area contributed by atoms with Gasteiger partial charge in [0, 0.05) is 25.6 Å². The van der Waals surface area contributed by atoms with E-state index in [0.29, 0.717) is 18.7 Å². The van der Waals surface area contributed by atoms with Gasteiger partial charge in [-0.1, -0.05) is 11.8 Å². The first-order valence-corrected chi connectivity index (χ1v) is 8.10. The summed E-state index contributed by atoms with van der Waals surface area (Å²) in [5, 5.41) is -0.0104. The van der Waals surface area contributed by atoms with Gasteiger partial charge in [-0.15, -0.1) is 0 Å². The number of nitrogens with zero attached hydrogens (tertiary/aromatic N) is 1. The van der Waals surface area contributed by atoms with E-state index in [2.05, 4.69) is 0 Å². The summed E-state index contributed by atoms with van der Waals surface area (Å²) in [6, 6.07) is 0. The summed E-state index contributed by atoms with van der Waals surface area (Å²) in [6.07, 6.45) is 2.65. The Bertz CT molecular complexity index is 323. The average molecular weight is 279 g/mol. The molecule has 1 heterocycles. The number of piperidine rings is 1. The monoisotopic (exact) mass is 279 g/mol. The van der Waals surface area contributed by atoms with Crippen molar-refractivity contribution in [3.63, 3.8) is 0 Å². The van der Waals surface area contributed by atoms with Gasteiger partial charge in [-0.05, 0) is 19.3 Å². The van der Waals surface area contributed by atoms with Crippen molar-refractivity contribution < 1.29 is 19.0 Å². The molecule has 0 aromatic rings. The van der Waals surface area contributed by atoms with Gasteiger partial charge in [0.15, 0.2) is 5.12 Å². The van der Waals surface area contributed by atoms with E-state index in [1.807, 2.05) is 0 Å². The number of hydrogen-bond acceptors (Lipinski definition) is 4. The summed E-state index contributed by atoms with van der Waals surface area (Å²) in [5.74, 6) is -0.163. The number of likely N-dealkylation sites (tertiary alicyclic amines) is 1. The molecule has 1 saturated heterocycles. The molecule has 0 spiro atoms.